The number of carbonyl (C=O) groups excluding carboxylic acids is 1. The number of benzene rings is 1. The minimum Gasteiger partial charge on any atom is -0.493 e. The SMILES string of the molecule is COc1ccc([C@@H](C)NC(=O)NCCNc2ncccn2)cc1OC. The second-order valence-electron chi connectivity index (χ2n) is 5.24. The molecule has 2 amide bonds. The Morgan fingerprint density at radius 1 is 1.12 bits per heavy atom. The Balaban J connectivity index is 1.78. The highest BCUT2D eigenvalue weighted by molar-refractivity contribution is 5.74. The van der Waals surface area contributed by atoms with Gasteiger partial charge in [0.15, 0.2) is 11.5 Å². The number of hydrogen-bond acceptors (Lipinski definition) is 6. The third-order valence-electron chi connectivity index (χ3n) is 3.51. The van der Waals surface area contributed by atoms with Crippen molar-refractivity contribution in [3.63, 3.8) is 0 Å². The Labute approximate surface area is 147 Å². The Bertz CT molecular complexity index is 681. The molecule has 0 unspecified atom stereocenters. The van der Waals surface area contributed by atoms with Gasteiger partial charge in [-0.15, -0.1) is 0 Å². The smallest absolute Gasteiger partial charge is 0.315 e. The quantitative estimate of drug-likeness (QED) is 0.633. The summed E-state index contributed by atoms with van der Waals surface area (Å²) in [5.74, 6) is 1.81. The van der Waals surface area contributed by atoms with E-state index in [4.69, 9.17) is 9.47 Å². The van der Waals surface area contributed by atoms with Crippen LogP contribution in [0.4, 0.5) is 10.7 Å². The van der Waals surface area contributed by atoms with Crippen LogP contribution in [0, 0.1) is 0 Å². The van der Waals surface area contributed by atoms with Crippen molar-refractivity contribution in [2.75, 3.05) is 32.6 Å². The van der Waals surface area contributed by atoms with Gasteiger partial charge >= 0.3 is 6.03 Å². The predicted molar refractivity (Wildman–Crippen MR) is 95.0 cm³/mol. The maximum absolute atomic E-state index is 12.0. The Morgan fingerprint density at radius 3 is 2.52 bits per heavy atom. The van der Waals surface area contributed by atoms with Crippen molar-refractivity contribution in [3.8, 4) is 11.5 Å². The predicted octanol–water partition coefficient (Wildman–Crippen LogP) is 1.97. The average Bonchev–Trinajstić information content (AvgIpc) is 2.65. The summed E-state index contributed by atoms with van der Waals surface area (Å²) < 4.78 is 10.5. The first-order valence-electron chi connectivity index (χ1n) is 7.91. The maximum Gasteiger partial charge on any atom is 0.315 e. The van der Waals surface area contributed by atoms with Gasteiger partial charge in [-0.05, 0) is 30.7 Å². The van der Waals surface area contributed by atoms with E-state index in [1.165, 1.54) is 0 Å². The van der Waals surface area contributed by atoms with Gasteiger partial charge in [0.1, 0.15) is 0 Å². The first-order chi connectivity index (χ1) is 12.1. The van der Waals surface area contributed by atoms with Crippen LogP contribution in [0.15, 0.2) is 36.7 Å². The zero-order valence-electron chi connectivity index (χ0n) is 14.6. The molecule has 8 heteroatoms. The van der Waals surface area contributed by atoms with Crippen molar-refractivity contribution in [1.29, 1.82) is 0 Å². The van der Waals surface area contributed by atoms with Crippen LogP contribution in [0.3, 0.4) is 0 Å². The third-order valence-corrected chi connectivity index (χ3v) is 3.51. The van der Waals surface area contributed by atoms with E-state index in [1.807, 2.05) is 25.1 Å². The van der Waals surface area contributed by atoms with Crippen molar-refractivity contribution < 1.29 is 14.3 Å². The molecule has 2 aromatic rings. The number of anilines is 1. The second kappa shape index (κ2) is 9.31. The van der Waals surface area contributed by atoms with E-state index >= 15 is 0 Å². The molecule has 0 fully saturated rings. The van der Waals surface area contributed by atoms with E-state index in [1.54, 1.807) is 32.7 Å². The lowest BCUT2D eigenvalue weighted by Crippen LogP contribution is -2.39. The number of urea groups is 1. The average molecular weight is 345 g/mol. The maximum atomic E-state index is 12.0. The van der Waals surface area contributed by atoms with Crippen LogP contribution >= 0.6 is 0 Å². The molecule has 1 heterocycles. The largest absolute Gasteiger partial charge is 0.493 e. The molecule has 0 aliphatic carbocycles. The molecular formula is C17H23N5O3. The first kappa shape index (κ1) is 18.3. The van der Waals surface area contributed by atoms with Gasteiger partial charge < -0.3 is 25.4 Å². The van der Waals surface area contributed by atoms with Crippen LogP contribution in [0.2, 0.25) is 0 Å². The second-order valence-corrected chi connectivity index (χ2v) is 5.24. The van der Waals surface area contributed by atoms with Gasteiger partial charge in [0.05, 0.1) is 20.3 Å². The number of methoxy groups -OCH3 is 2. The summed E-state index contributed by atoms with van der Waals surface area (Å²) in [7, 11) is 3.16. The van der Waals surface area contributed by atoms with Crippen LogP contribution in [0.25, 0.3) is 0 Å². The van der Waals surface area contributed by atoms with Crippen molar-refractivity contribution in [3.05, 3.63) is 42.2 Å². The first-order valence-corrected chi connectivity index (χ1v) is 7.91. The van der Waals surface area contributed by atoms with Crippen molar-refractivity contribution in [2.45, 2.75) is 13.0 Å². The topological polar surface area (TPSA) is 97.4 Å². The number of carbonyl (C=O) groups is 1. The summed E-state index contributed by atoms with van der Waals surface area (Å²) >= 11 is 0. The van der Waals surface area contributed by atoms with Crippen LogP contribution in [0.5, 0.6) is 11.5 Å². The Hall–Kier alpha value is -3.03. The van der Waals surface area contributed by atoms with Gasteiger partial charge in [-0.2, -0.15) is 0 Å². The lowest BCUT2D eigenvalue weighted by Gasteiger charge is -2.17. The number of nitrogens with zero attached hydrogens (tertiary/aromatic N) is 2. The number of hydrogen-bond donors (Lipinski definition) is 3. The molecule has 25 heavy (non-hydrogen) atoms. The fourth-order valence-corrected chi connectivity index (χ4v) is 2.19. The molecule has 8 nitrogen and oxygen atoms in total. The highest BCUT2D eigenvalue weighted by Gasteiger charge is 2.12. The van der Waals surface area contributed by atoms with E-state index in [9.17, 15) is 4.79 Å². The molecular weight excluding hydrogens is 322 g/mol. The molecule has 0 aliphatic heterocycles. The summed E-state index contributed by atoms with van der Waals surface area (Å²) in [4.78, 5) is 20.1. The van der Waals surface area contributed by atoms with E-state index in [2.05, 4.69) is 25.9 Å². The zero-order valence-corrected chi connectivity index (χ0v) is 14.6. The van der Waals surface area contributed by atoms with Crippen molar-refractivity contribution in [1.82, 2.24) is 20.6 Å². The summed E-state index contributed by atoms with van der Waals surface area (Å²) in [6.07, 6.45) is 3.31. The summed E-state index contributed by atoms with van der Waals surface area (Å²) in [5.41, 5.74) is 0.920. The molecule has 0 saturated carbocycles. The number of rotatable bonds is 8. The van der Waals surface area contributed by atoms with E-state index in [0.29, 0.717) is 30.5 Å². The molecule has 134 valence electrons. The van der Waals surface area contributed by atoms with Crippen LogP contribution < -0.4 is 25.4 Å². The molecule has 2 rings (SSSR count). The van der Waals surface area contributed by atoms with E-state index < -0.39 is 0 Å². The minimum atomic E-state index is -0.252. The van der Waals surface area contributed by atoms with E-state index in [0.717, 1.165) is 5.56 Å². The van der Waals surface area contributed by atoms with Crippen LogP contribution in [-0.4, -0.2) is 43.3 Å². The normalized spacial score (nSPS) is 11.3. The van der Waals surface area contributed by atoms with Gasteiger partial charge in [-0.25, -0.2) is 14.8 Å². The Morgan fingerprint density at radius 2 is 1.84 bits per heavy atom. The molecule has 3 N–H and O–H groups in total. The number of aromatic nitrogens is 2. The van der Waals surface area contributed by atoms with Gasteiger partial charge in [0.2, 0.25) is 5.95 Å². The molecule has 1 aromatic heterocycles. The third kappa shape index (κ3) is 5.52. The molecule has 1 atom stereocenters. The molecule has 0 radical (unpaired) electrons. The van der Waals surface area contributed by atoms with Gasteiger partial charge in [0, 0.05) is 25.5 Å². The van der Waals surface area contributed by atoms with Gasteiger partial charge in [0.25, 0.3) is 0 Å². The Kier molecular flexibility index (Phi) is 6.82. The summed E-state index contributed by atoms with van der Waals surface area (Å²) in [5, 5.41) is 8.68. The summed E-state index contributed by atoms with van der Waals surface area (Å²) in [6.45, 7) is 2.88. The molecule has 0 aliphatic rings. The lowest BCUT2D eigenvalue weighted by atomic mass is 10.1. The standard InChI is InChI=1S/C17H23N5O3/c1-12(13-5-6-14(24-2)15(11-13)25-3)22-17(23)21-10-9-20-16-18-7-4-8-19-16/h4-8,11-12H,9-10H2,1-3H3,(H,18,19,20)(H2,21,22,23)/t12-/m1/s1. The summed E-state index contributed by atoms with van der Waals surface area (Å²) in [6, 6.07) is 6.86. The minimum absolute atomic E-state index is 0.176. The van der Waals surface area contributed by atoms with Crippen molar-refractivity contribution in [2.24, 2.45) is 0 Å². The lowest BCUT2D eigenvalue weighted by molar-refractivity contribution is 0.238. The van der Waals surface area contributed by atoms with Gasteiger partial charge in [-0.3, -0.25) is 0 Å². The zero-order chi connectivity index (χ0) is 18.1. The number of amides is 2. The highest BCUT2D eigenvalue weighted by Crippen LogP contribution is 2.29. The fraction of sp³-hybridized carbons (Fsp3) is 0.353. The van der Waals surface area contributed by atoms with Crippen LogP contribution in [-0.2, 0) is 0 Å². The monoisotopic (exact) mass is 345 g/mol. The molecule has 0 bridgehead atoms. The van der Waals surface area contributed by atoms with E-state index in [-0.39, 0.29) is 12.1 Å². The highest BCUT2D eigenvalue weighted by atomic mass is 16.5. The molecule has 1 aromatic carbocycles. The van der Waals surface area contributed by atoms with Gasteiger partial charge in [-0.1, -0.05) is 6.07 Å². The number of nitrogens with one attached hydrogen (secondary N) is 3. The molecule has 0 saturated heterocycles. The number of ether oxygens (including phenoxy) is 2. The van der Waals surface area contributed by atoms with Crippen molar-refractivity contribution >= 4 is 12.0 Å². The fourth-order valence-electron chi connectivity index (χ4n) is 2.19. The molecule has 0 spiro atoms. The van der Waals surface area contributed by atoms with Crippen LogP contribution in [0.1, 0.15) is 18.5 Å².